The standard InChI is InChI=1S/C15H19N3O2S/c1-12(14-7-9-17-10-8-14)18-11-6-13-2-4-15(5-3-13)21(16,19)20/h2-5,7-10,12,18H,6,11H2,1H3,(H2,16,19,20). The van der Waals surface area contributed by atoms with E-state index in [4.69, 9.17) is 5.14 Å². The van der Waals surface area contributed by atoms with Crippen LogP contribution in [0, 0.1) is 0 Å². The van der Waals surface area contributed by atoms with Crippen LogP contribution in [-0.4, -0.2) is 19.9 Å². The third-order valence-electron chi connectivity index (χ3n) is 3.32. The highest BCUT2D eigenvalue weighted by molar-refractivity contribution is 7.89. The second-order valence-electron chi connectivity index (χ2n) is 4.90. The molecule has 2 rings (SSSR count). The largest absolute Gasteiger partial charge is 0.310 e. The number of nitrogens with two attached hydrogens (primary N) is 1. The molecule has 0 fully saturated rings. The van der Waals surface area contributed by atoms with Crippen molar-refractivity contribution in [3.8, 4) is 0 Å². The Hall–Kier alpha value is -1.76. The van der Waals surface area contributed by atoms with E-state index < -0.39 is 10.0 Å². The van der Waals surface area contributed by atoms with E-state index in [0.717, 1.165) is 18.5 Å². The first-order chi connectivity index (χ1) is 9.97. The average Bonchev–Trinajstić information content (AvgIpc) is 2.47. The van der Waals surface area contributed by atoms with E-state index in [9.17, 15) is 8.42 Å². The number of sulfonamides is 1. The fourth-order valence-corrected chi connectivity index (χ4v) is 2.56. The molecule has 2 aromatic rings. The van der Waals surface area contributed by atoms with Gasteiger partial charge in [-0.3, -0.25) is 4.98 Å². The number of nitrogens with zero attached hydrogens (tertiary/aromatic N) is 1. The van der Waals surface area contributed by atoms with Crippen LogP contribution < -0.4 is 10.5 Å². The van der Waals surface area contributed by atoms with Gasteiger partial charge in [0, 0.05) is 18.4 Å². The maximum atomic E-state index is 11.2. The zero-order chi connectivity index (χ0) is 15.3. The number of benzene rings is 1. The van der Waals surface area contributed by atoms with Gasteiger partial charge in [-0.25, -0.2) is 13.6 Å². The van der Waals surface area contributed by atoms with Gasteiger partial charge in [-0.05, 0) is 55.3 Å². The lowest BCUT2D eigenvalue weighted by atomic mass is 10.1. The molecule has 0 amide bonds. The van der Waals surface area contributed by atoms with Crippen molar-refractivity contribution in [3.63, 3.8) is 0 Å². The summed E-state index contributed by atoms with van der Waals surface area (Å²) in [6.07, 6.45) is 4.37. The van der Waals surface area contributed by atoms with Gasteiger partial charge in [0.1, 0.15) is 0 Å². The zero-order valence-corrected chi connectivity index (χ0v) is 12.7. The Balaban J connectivity index is 1.86. The molecule has 21 heavy (non-hydrogen) atoms. The summed E-state index contributed by atoms with van der Waals surface area (Å²) in [5.74, 6) is 0. The van der Waals surface area contributed by atoms with E-state index in [1.807, 2.05) is 12.1 Å². The van der Waals surface area contributed by atoms with Gasteiger partial charge in [0.25, 0.3) is 0 Å². The molecule has 3 N–H and O–H groups in total. The third-order valence-corrected chi connectivity index (χ3v) is 4.25. The van der Waals surface area contributed by atoms with Gasteiger partial charge in [-0.15, -0.1) is 0 Å². The first-order valence-electron chi connectivity index (χ1n) is 6.72. The fraction of sp³-hybridized carbons (Fsp3) is 0.267. The summed E-state index contributed by atoms with van der Waals surface area (Å²) in [5.41, 5.74) is 2.26. The number of aromatic nitrogens is 1. The van der Waals surface area contributed by atoms with Crippen molar-refractivity contribution >= 4 is 10.0 Å². The first-order valence-corrected chi connectivity index (χ1v) is 8.26. The predicted octanol–water partition coefficient (Wildman–Crippen LogP) is 1.62. The summed E-state index contributed by atoms with van der Waals surface area (Å²) in [5, 5.41) is 8.49. The van der Waals surface area contributed by atoms with Crippen LogP contribution in [-0.2, 0) is 16.4 Å². The lowest BCUT2D eigenvalue weighted by Crippen LogP contribution is -2.21. The maximum Gasteiger partial charge on any atom is 0.238 e. The highest BCUT2D eigenvalue weighted by atomic mass is 32.2. The number of primary sulfonamides is 1. The van der Waals surface area contributed by atoms with Crippen LogP contribution in [0.1, 0.15) is 24.1 Å². The van der Waals surface area contributed by atoms with Gasteiger partial charge in [0.2, 0.25) is 10.0 Å². The average molecular weight is 305 g/mol. The smallest absolute Gasteiger partial charge is 0.238 e. The summed E-state index contributed by atoms with van der Waals surface area (Å²) < 4.78 is 22.3. The van der Waals surface area contributed by atoms with E-state index in [-0.39, 0.29) is 10.9 Å². The molecule has 0 radical (unpaired) electrons. The van der Waals surface area contributed by atoms with Gasteiger partial charge in [0.05, 0.1) is 4.90 Å². The van der Waals surface area contributed by atoms with Crippen LogP contribution in [0.3, 0.4) is 0 Å². The molecule has 5 nitrogen and oxygen atoms in total. The molecule has 1 unspecified atom stereocenters. The quantitative estimate of drug-likeness (QED) is 0.849. The van der Waals surface area contributed by atoms with Crippen LogP contribution >= 0.6 is 0 Å². The van der Waals surface area contributed by atoms with Crippen LogP contribution in [0.2, 0.25) is 0 Å². The predicted molar refractivity (Wildman–Crippen MR) is 82.2 cm³/mol. The number of hydrogen-bond acceptors (Lipinski definition) is 4. The minimum absolute atomic E-state index is 0.143. The highest BCUT2D eigenvalue weighted by Gasteiger charge is 2.07. The Bertz CT molecular complexity index is 670. The molecule has 1 atom stereocenters. The molecule has 6 heteroatoms. The summed E-state index contributed by atoms with van der Waals surface area (Å²) in [7, 11) is -3.61. The summed E-state index contributed by atoms with van der Waals surface area (Å²) in [6, 6.07) is 10.9. The van der Waals surface area contributed by atoms with E-state index >= 15 is 0 Å². The molecule has 0 spiro atoms. The minimum Gasteiger partial charge on any atom is -0.310 e. The lowest BCUT2D eigenvalue weighted by molar-refractivity contribution is 0.576. The monoisotopic (exact) mass is 305 g/mol. The molecule has 0 aliphatic heterocycles. The molecule has 0 bridgehead atoms. The summed E-state index contributed by atoms with van der Waals surface area (Å²) in [6.45, 7) is 2.90. The highest BCUT2D eigenvalue weighted by Crippen LogP contribution is 2.11. The number of nitrogens with one attached hydrogen (secondary N) is 1. The van der Waals surface area contributed by atoms with Gasteiger partial charge in [-0.2, -0.15) is 0 Å². The molecule has 0 aliphatic rings. The number of hydrogen-bond donors (Lipinski definition) is 2. The van der Waals surface area contributed by atoms with Crippen molar-refractivity contribution in [3.05, 3.63) is 59.9 Å². The molecular formula is C15H19N3O2S. The van der Waals surface area contributed by atoms with Crippen molar-refractivity contribution < 1.29 is 8.42 Å². The van der Waals surface area contributed by atoms with Crippen molar-refractivity contribution in [2.45, 2.75) is 24.3 Å². The Labute approximate surface area is 125 Å². The molecule has 1 heterocycles. The van der Waals surface area contributed by atoms with Crippen LogP contribution in [0.4, 0.5) is 0 Å². The maximum absolute atomic E-state index is 11.2. The SMILES string of the molecule is CC(NCCc1ccc(S(N)(=O)=O)cc1)c1ccncc1. The Kier molecular flexibility index (Phi) is 5.06. The van der Waals surface area contributed by atoms with Crippen molar-refractivity contribution in [2.24, 2.45) is 5.14 Å². The van der Waals surface area contributed by atoms with Crippen molar-refractivity contribution in [2.75, 3.05) is 6.54 Å². The normalized spacial score (nSPS) is 13.0. The Morgan fingerprint density at radius 3 is 2.33 bits per heavy atom. The second kappa shape index (κ2) is 6.80. The molecule has 0 saturated carbocycles. The topological polar surface area (TPSA) is 85.1 Å². The lowest BCUT2D eigenvalue weighted by Gasteiger charge is -2.14. The summed E-state index contributed by atoms with van der Waals surface area (Å²) >= 11 is 0. The van der Waals surface area contributed by atoms with Gasteiger partial charge >= 0.3 is 0 Å². The number of rotatable bonds is 6. The van der Waals surface area contributed by atoms with E-state index in [1.165, 1.54) is 17.7 Å². The van der Waals surface area contributed by atoms with Gasteiger partial charge < -0.3 is 5.32 Å². The molecule has 1 aromatic carbocycles. The second-order valence-corrected chi connectivity index (χ2v) is 6.46. The van der Waals surface area contributed by atoms with E-state index in [0.29, 0.717) is 0 Å². The number of pyridine rings is 1. The zero-order valence-electron chi connectivity index (χ0n) is 11.9. The molecule has 1 aromatic heterocycles. The van der Waals surface area contributed by atoms with Crippen molar-refractivity contribution in [1.29, 1.82) is 0 Å². The van der Waals surface area contributed by atoms with Crippen LogP contribution in [0.25, 0.3) is 0 Å². The third kappa shape index (κ3) is 4.63. The van der Waals surface area contributed by atoms with Crippen LogP contribution in [0.5, 0.6) is 0 Å². The Morgan fingerprint density at radius 1 is 1.14 bits per heavy atom. The Morgan fingerprint density at radius 2 is 1.76 bits per heavy atom. The summed E-state index contributed by atoms with van der Waals surface area (Å²) in [4.78, 5) is 4.14. The molecule has 0 saturated heterocycles. The van der Waals surface area contributed by atoms with Gasteiger partial charge in [0.15, 0.2) is 0 Å². The first kappa shape index (κ1) is 15.6. The van der Waals surface area contributed by atoms with Gasteiger partial charge in [-0.1, -0.05) is 12.1 Å². The van der Waals surface area contributed by atoms with Crippen LogP contribution in [0.15, 0.2) is 53.7 Å². The molecule has 112 valence electrons. The molecule has 0 aliphatic carbocycles. The molecular weight excluding hydrogens is 286 g/mol. The minimum atomic E-state index is -3.61. The fourth-order valence-electron chi connectivity index (χ4n) is 2.05. The van der Waals surface area contributed by atoms with Crippen molar-refractivity contribution in [1.82, 2.24) is 10.3 Å². The van der Waals surface area contributed by atoms with E-state index in [1.54, 1.807) is 24.5 Å². The van der Waals surface area contributed by atoms with E-state index in [2.05, 4.69) is 17.2 Å².